The second kappa shape index (κ2) is 11.1. The van der Waals surface area contributed by atoms with E-state index in [4.69, 9.17) is 0 Å². The largest absolute Gasteiger partial charge is 0.307 e. The van der Waals surface area contributed by atoms with Crippen molar-refractivity contribution in [1.29, 1.82) is 0 Å². The summed E-state index contributed by atoms with van der Waals surface area (Å²) in [6.45, 7) is 1.88. The van der Waals surface area contributed by atoms with Crippen LogP contribution < -0.4 is 9.80 Å². The Kier molecular flexibility index (Phi) is 7.50. The lowest BCUT2D eigenvalue weighted by Gasteiger charge is -2.35. The third-order valence-electron chi connectivity index (χ3n) is 7.84. The first kappa shape index (κ1) is 24.9. The highest BCUT2D eigenvalue weighted by Gasteiger charge is 2.40. The number of anilines is 2. The molecule has 1 heterocycles. The van der Waals surface area contributed by atoms with Crippen LogP contribution >= 0.6 is 0 Å². The summed E-state index contributed by atoms with van der Waals surface area (Å²) in [6, 6.07) is 25.9. The number of hydrogen-bond acceptors (Lipinski definition) is 3. The highest BCUT2D eigenvalue weighted by Crippen LogP contribution is 2.37. The van der Waals surface area contributed by atoms with Gasteiger partial charge in [-0.15, -0.1) is 0 Å². The van der Waals surface area contributed by atoms with Gasteiger partial charge in [-0.1, -0.05) is 80.1 Å². The second-order valence-electron chi connectivity index (χ2n) is 10.1. The second-order valence-corrected chi connectivity index (χ2v) is 10.1. The fraction of sp³-hybridized carbons (Fsp3) is 0.344. The van der Waals surface area contributed by atoms with Crippen molar-refractivity contribution in [3.63, 3.8) is 0 Å². The number of Topliss-reactive ketones (excluding diaryl/α,β-unsaturated/α-hetero) is 1. The Bertz CT molecular complexity index is 1290. The summed E-state index contributed by atoms with van der Waals surface area (Å²) in [7, 11) is 0. The van der Waals surface area contributed by atoms with Crippen molar-refractivity contribution >= 4 is 29.0 Å². The van der Waals surface area contributed by atoms with Crippen LogP contribution in [-0.4, -0.2) is 30.2 Å². The van der Waals surface area contributed by atoms with Crippen molar-refractivity contribution in [2.75, 3.05) is 16.3 Å². The van der Waals surface area contributed by atoms with Crippen molar-refractivity contribution in [2.24, 2.45) is 5.92 Å². The van der Waals surface area contributed by atoms with Crippen LogP contribution in [0.15, 0.2) is 78.9 Å². The summed E-state index contributed by atoms with van der Waals surface area (Å²) >= 11 is 0. The van der Waals surface area contributed by atoms with Crippen molar-refractivity contribution in [3.8, 4) is 0 Å². The lowest BCUT2D eigenvalue weighted by molar-refractivity contribution is -0.124. The molecule has 1 aliphatic carbocycles. The van der Waals surface area contributed by atoms with Gasteiger partial charge in [-0.05, 0) is 54.5 Å². The van der Waals surface area contributed by atoms with E-state index in [0.717, 1.165) is 54.6 Å². The molecule has 5 heteroatoms. The van der Waals surface area contributed by atoms with Crippen molar-refractivity contribution in [3.05, 3.63) is 95.6 Å². The van der Waals surface area contributed by atoms with Gasteiger partial charge in [-0.3, -0.25) is 14.4 Å². The van der Waals surface area contributed by atoms with Crippen LogP contribution in [0.25, 0.3) is 0 Å². The van der Waals surface area contributed by atoms with E-state index in [1.165, 1.54) is 5.56 Å². The minimum absolute atomic E-state index is 0.0214. The number of carbonyl (C=O) groups is 3. The predicted octanol–water partition coefficient (Wildman–Crippen LogP) is 5.54. The molecule has 1 unspecified atom stereocenters. The molecule has 1 aliphatic heterocycles. The van der Waals surface area contributed by atoms with Crippen LogP contribution in [0.3, 0.4) is 0 Å². The lowest BCUT2D eigenvalue weighted by Crippen LogP contribution is -2.49. The fourth-order valence-electron chi connectivity index (χ4n) is 5.97. The maximum atomic E-state index is 14.1. The summed E-state index contributed by atoms with van der Waals surface area (Å²) in [6.07, 6.45) is 4.95. The number of rotatable bonds is 9. The molecule has 2 amide bonds. The smallest absolute Gasteiger partial charge is 0.247 e. The van der Waals surface area contributed by atoms with Crippen LogP contribution in [0, 0.1) is 5.92 Å². The summed E-state index contributed by atoms with van der Waals surface area (Å²) in [5.74, 6) is -0.139. The molecule has 1 fully saturated rings. The summed E-state index contributed by atoms with van der Waals surface area (Å²) in [4.78, 5) is 43.5. The molecule has 5 rings (SSSR count). The first-order chi connectivity index (χ1) is 18.1. The molecule has 2 atom stereocenters. The zero-order chi connectivity index (χ0) is 25.8. The molecule has 1 saturated carbocycles. The monoisotopic (exact) mass is 494 g/mol. The minimum Gasteiger partial charge on any atom is -0.307 e. The van der Waals surface area contributed by atoms with Crippen LogP contribution in [0.5, 0.6) is 0 Å². The van der Waals surface area contributed by atoms with E-state index >= 15 is 0 Å². The van der Waals surface area contributed by atoms with E-state index < -0.39 is 0 Å². The molecule has 0 radical (unpaired) electrons. The van der Waals surface area contributed by atoms with Gasteiger partial charge in [0.05, 0.1) is 6.42 Å². The number of nitrogens with zero attached hydrogens (tertiary/aromatic N) is 2. The zero-order valence-corrected chi connectivity index (χ0v) is 21.4. The number of hydrogen-bond donors (Lipinski definition) is 0. The highest BCUT2D eigenvalue weighted by molar-refractivity contribution is 6.08. The molecular formula is C32H34N2O3. The van der Waals surface area contributed by atoms with E-state index in [2.05, 4.69) is 18.2 Å². The SMILES string of the molecule is CCC(=O)C1CCC[C@H]1N(C(=O)CN1C(=O)Cc2ccccc21)c1ccccc1CCc1ccccc1. The Morgan fingerprint density at radius 3 is 2.43 bits per heavy atom. The molecule has 3 aromatic rings. The van der Waals surface area contributed by atoms with E-state index in [-0.39, 0.29) is 36.1 Å². The van der Waals surface area contributed by atoms with Crippen molar-refractivity contribution in [1.82, 2.24) is 0 Å². The molecule has 5 nitrogen and oxygen atoms in total. The van der Waals surface area contributed by atoms with Crippen molar-refractivity contribution < 1.29 is 14.4 Å². The summed E-state index contributed by atoms with van der Waals surface area (Å²) < 4.78 is 0. The van der Waals surface area contributed by atoms with Gasteiger partial charge in [-0.25, -0.2) is 0 Å². The molecule has 2 aliphatic rings. The van der Waals surface area contributed by atoms with Gasteiger partial charge in [0.1, 0.15) is 12.3 Å². The number of benzene rings is 3. The highest BCUT2D eigenvalue weighted by atomic mass is 16.2. The van der Waals surface area contributed by atoms with Crippen LogP contribution in [0.4, 0.5) is 11.4 Å². The zero-order valence-electron chi connectivity index (χ0n) is 21.4. The quantitative estimate of drug-likeness (QED) is 0.392. The molecule has 0 bridgehead atoms. The maximum absolute atomic E-state index is 14.1. The number of aryl methyl sites for hydroxylation is 2. The van der Waals surface area contributed by atoms with E-state index in [9.17, 15) is 14.4 Å². The molecule has 0 spiro atoms. The number of ketones is 1. The minimum atomic E-state index is -0.189. The van der Waals surface area contributed by atoms with Gasteiger partial charge in [0, 0.05) is 29.8 Å². The third kappa shape index (κ3) is 5.22. The Balaban J connectivity index is 1.48. The maximum Gasteiger partial charge on any atom is 0.247 e. The van der Waals surface area contributed by atoms with Crippen LogP contribution in [0.1, 0.15) is 49.3 Å². The van der Waals surface area contributed by atoms with E-state index in [1.807, 2.05) is 72.5 Å². The average molecular weight is 495 g/mol. The van der Waals surface area contributed by atoms with E-state index in [0.29, 0.717) is 12.8 Å². The van der Waals surface area contributed by atoms with Gasteiger partial charge < -0.3 is 9.80 Å². The van der Waals surface area contributed by atoms with Crippen molar-refractivity contribution in [2.45, 2.75) is 57.9 Å². The van der Waals surface area contributed by atoms with Gasteiger partial charge >= 0.3 is 0 Å². The van der Waals surface area contributed by atoms with Gasteiger partial charge in [0.2, 0.25) is 11.8 Å². The molecular weight excluding hydrogens is 460 g/mol. The first-order valence-electron chi connectivity index (χ1n) is 13.4. The average Bonchev–Trinajstić information content (AvgIpc) is 3.53. The number of fused-ring (bicyclic) bond motifs is 1. The molecule has 0 saturated heterocycles. The topological polar surface area (TPSA) is 57.7 Å². The molecule has 37 heavy (non-hydrogen) atoms. The molecule has 0 aromatic heterocycles. The number of amides is 2. The Morgan fingerprint density at radius 2 is 1.62 bits per heavy atom. The number of carbonyl (C=O) groups excluding carboxylic acids is 3. The lowest BCUT2D eigenvalue weighted by atomic mass is 9.93. The van der Waals surface area contributed by atoms with E-state index in [1.54, 1.807) is 4.90 Å². The standard InChI is InChI=1S/C32H34N2O3/c1-2-30(35)26-15-10-18-29(26)34(32(37)22-33-27-16-8-7-14-25(27)21-31(33)36)28-17-9-6-13-24(28)20-19-23-11-4-3-5-12-23/h3-9,11-14,16-17,26,29H,2,10,15,18-22H2,1H3/t26?,29-/m1/s1. The third-order valence-corrected chi connectivity index (χ3v) is 7.84. The Morgan fingerprint density at radius 1 is 0.892 bits per heavy atom. The van der Waals surface area contributed by atoms with Gasteiger partial charge in [0.15, 0.2) is 0 Å². The predicted molar refractivity (Wildman–Crippen MR) is 147 cm³/mol. The molecule has 190 valence electrons. The summed E-state index contributed by atoms with van der Waals surface area (Å²) in [5.41, 5.74) is 4.96. The fourth-order valence-corrected chi connectivity index (χ4v) is 5.97. The Hall–Kier alpha value is -3.73. The molecule has 0 N–H and O–H groups in total. The van der Waals surface area contributed by atoms with Gasteiger partial charge in [0.25, 0.3) is 0 Å². The molecule has 3 aromatic carbocycles. The number of para-hydroxylation sites is 2. The normalized spacial score (nSPS) is 18.6. The van der Waals surface area contributed by atoms with Gasteiger partial charge in [-0.2, -0.15) is 0 Å². The van der Waals surface area contributed by atoms with Crippen LogP contribution in [0.2, 0.25) is 0 Å². The summed E-state index contributed by atoms with van der Waals surface area (Å²) in [5, 5.41) is 0. The first-order valence-corrected chi connectivity index (χ1v) is 13.4. The van der Waals surface area contributed by atoms with Crippen LogP contribution in [-0.2, 0) is 33.6 Å². The Labute approximate surface area is 219 Å².